The first kappa shape index (κ1) is 15.8. The first-order chi connectivity index (χ1) is 12.1. The van der Waals surface area contributed by atoms with Gasteiger partial charge in [0.1, 0.15) is 5.92 Å². The van der Waals surface area contributed by atoms with Gasteiger partial charge in [-0.3, -0.25) is 4.79 Å². The van der Waals surface area contributed by atoms with Crippen LogP contribution in [-0.4, -0.2) is 30.0 Å². The number of carbonyl (C=O) groups is 1. The highest BCUT2D eigenvalue weighted by Gasteiger charge is 2.29. The fourth-order valence-corrected chi connectivity index (χ4v) is 3.49. The van der Waals surface area contributed by atoms with Crippen LogP contribution in [0.4, 0.5) is 0 Å². The summed E-state index contributed by atoms with van der Waals surface area (Å²) in [5, 5.41) is 10.7. The molecule has 4 rings (SSSR count). The number of aromatic nitrogens is 1. The molecule has 0 saturated carbocycles. The molecule has 0 fully saturated rings. The largest absolute Gasteiger partial charge is 0.493 e. The third kappa shape index (κ3) is 2.60. The molecule has 2 heterocycles. The summed E-state index contributed by atoms with van der Waals surface area (Å²) in [5.41, 5.74) is 2.11. The molecule has 128 valence electrons. The third-order valence-corrected chi connectivity index (χ3v) is 4.74. The zero-order valence-corrected chi connectivity index (χ0v) is 14.8. The second-order valence-corrected chi connectivity index (χ2v) is 6.58. The van der Waals surface area contributed by atoms with E-state index in [9.17, 15) is 9.90 Å². The van der Waals surface area contributed by atoms with E-state index in [1.54, 1.807) is 18.3 Å². The number of hydrogen-bond acceptors (Lipinski definition) is 4. The first-order valence-electron chi connectivity index (χ1n) is 7.55. The van der Waals surface area contributed by atoms with Gasteiger partial charge in [-0.05, 0) is 35.4 Å². The van der Waals surface area contributed by atoms with E-state index in [0.29, 0.717) is 28.4 Å². The molecule has 1 aliphatic heterocycles. The summed E-state index contributed by atoms with van der Waals surface area (Å²) in [5.74, 6) is -0.372. The van der Waals surface area contributed by atoms with E-state index >= 15 is 0 Å². The molecule has 0 radical (unpaired) electrons. The summed E-state index contributed by atoms with van der Waals surface area (Å²) in [7, 11) is 1.51. The van der Waals surface area contributed by atoms with Crippen LogP contribution in [0.5, 0.6) is 17.2 Å². The molecule has 0 saturated heterocycles. The topological polar surface area (TPSA) is 80.8 Å². The monoisotopic (exact) mass is 403 g/mol. The highest BCUT2D eigenvalue weighted by atomic mass is 79.9. The molecule has 7 heteroatoms. The summed E-state index contributed by atoms with van der Waals surface area (Å²) in [6.07, 6.45) is 1.73. The van der Waals surface area contributed by atoms with E-state index in [1.165, 1.54) is 7.11 Å². The number of carboxylic acids is 1. The molecule has 1 aromatic heterocycles. The van der Waals surface area contributed by atoms with Gasteiger partial charge in [0, 0.05) is 21.6 Å². The van der Waals surface area contributed by atoms with Crippen molar-refractivity contribution in [2.24, 2.45) is 0 Å². The van der Waals surface area contributed by atoms with Crippen molar-refractivity contribution in [2.45, 2.75) is 5.92 Å². The molecule has 2 aromatic carbocycles. The number of halogens is 1. The van der Waals surface area contributed by atoms with E-state index in [2.05, 4.69) is 20.9 Å². The lowest BCUT2D eigenvalue weighted by atomic mass is 9.90. The van der Waals surface area contributed by atoms with Crippen LogP contribution in [0.1, 0.15) is 17.0 Å². The fourth-order valence-electron chi connectivity index (χ4n) is 3.13. The van der Waals surface area contributed by atoms with Crippen molar-refractivity contribution in [3.05, 3.63) is 52.1 Å². The van der Waals surface area contributed by atoms with Gasteiger partial charge in [0.2, 0.25) is 12.5 Å². The minimum atomic E-state index is -0.954. The minimum absolute atomic E-state index is 0.0913. The molecule has 1 unspecified atom stereocenters. The number of ether oxygens (including phenoxy) is 3. The van der Waals surface area contributed by atoms with Crippen LogP contribution >= 0.6 is 15.9 Å². The number of benzene rings is 2. The molecular formula is C18H14BrNO5. The normalized spacial score (nSPS) is 13.8. The number of hydrogen-bond donors (Lipinski definition) is 2. The Balaban J connectivity index is 1.89. The Bertz CT molecular complexity index is 981. The standard InChI is InChI=1S/C18H14BrNO5/c1-23-14-4-9(5-15-17(14)25-8-24-15)16(18(21)22)12-7-20-13-6-10(19)2-3-11(12)13/h2-7,16,20H,8H2,1H3,(H,21,22). The number of fused-ring (bicyclic) bond motifs is 2. The Morgan fingerprint density at radius 1 is 1.32 bits per heavy atom. The maximum Gasteiger partial charge on any atom is 0.315 e. The van der Waals surface area contributed by atoms with Crippen molar-refractivity contribution in [1.29, 1.82) is 0 Å². The Labute approximate surface area is 151 Å². The van der Waals surface area contributed by atoms with E-state index in [-0.39, 0.29) is 6.79 Å². The van der Waals surface area contributed by atoms with Crippen LogP contribution in [-0.2, 0) is 4.79 Å². The number of aliphatic carboxylic acids is 1. The zero-order chi connectivity index (χ0) is 17.6. The minimum Gasteiger partial charge on any atom is -0.493 e. The molecular weight excluding hydrogens is 390 g/mol. The van der Waals surface area contributed by atoms with E-state index < -0.39 is 11.9 Å². The maximum atomic E-state index is 12.1. The van der Waals surface area contributed by atoms with Crippen molar-refractivity contribution < 1.29 is 24.1 Å². The summed E-state index contributed by atoms with van der Waals surface area (Å²) in [6.45, 7) is 0.0913. The number of H-pyrrole nitrogens is 1. The van der Waals surface area contributed by atoms with Crippen LogP contribution in [0.2, 0.25) is 0 Å². The van der Waals surface area contributed by atoms with E-state index in [4.69, 9.17) is 14.2 Å². The van der Waals surface area contributed by atoms with Crippen molar-refractivity contribution in [2.75, 3.05) is 13.9 Å². The van der Waals surface area contributed by atoms with Crippen LogP contribution in [0.25, 0.3) is 10.9 Å². The highest BCUT2D eigenvalue weighted by molar-refractivity contribution is 9.10. The van der Waals surface area contributed by atoms with E-state index in [0.717, 1.165) is 15.4 Å². The second kappa shape index (κ2) is 6.00. The van der Waals surface area contributed by atoms with Gasteiger partial charge in [-0.25, -0.2) is 0 Å². The molecule has 0 bridgehead atoms. The predicted molar refractivity (Wildman–Crippen MR) is 94.6 cm³/mol. The predicted octanol–water partition coefficient (Wildman–Crippen LogP) is 3.88. The van der Waals surface area contributed by atoms with Gasteiger partial charge in [0.15, 0.2) is 11.5 Å². The molecule has 25 heavy (non-hydrogen) atoms. The van der Waals surface area contributed by atoms with Crippen LogP contribution in [0.3, 0.4) is 0 Å². The number of carboxylic acid groups (broad SMARTS) is 1. The molecule has 1 aliphatic rings. The summed E-state index contributed by atoms with van der Waals surface area (Å²) < 4.78 is 17.1. The Kier molecular flexibility index (Phi) is 3.80. The van der Waals surface area contributed by atoms with Gasteiger partial charge in [-0.1, -0.05) is 22.0 Å². The summed E-state index contributed by atoms with van der Waals surface area (Å²) in [4.78, 5) is 15.2. The molecule has 0 spiro atoms. The number of nitrogens with one attached hydrogen (secondary N) is 1. The average molecular weight is 404 g/mol. The molecule has 6 nitrogen and oxygen atoms in total. The quantitative estimate of drug-likeness (QED) is 0.690. The van der Waals surface area contributed by atoms with E-state index in [1.807, 2.05) is 18.2 Å². The molecule has 0 amide bonds. The number of rotatable bonds is 4. The molecule has 3 aromatic rings. The Morgan fingerprint density at radius 2 is 2.16 bits per heavy atom. The lowest BCUT2D eigenvalue weighted by molar-refractivity contribution is -0.137. The van der Waals surface area contributed by atoms with Crippen molar-refractivity contribution in [3.8, 4) is 17.2 Å². The smallest absolute Gasteiger partial charge is 0.315 e. The SMILES string of the molecule is COc1cc(C(C(=O)O)c2c[nH]c3cc(Br)ccc23)cc2c1OCO2. The number of aromatic amines is 1. The van der Waals surface area contributed by atoms with Crippen LogP contribution in [0.15, 0.2) is 41.0 Å². The Morgan fingerprint density at radius 3 is 2.92 bits per heavy atom. The number of methoxy groups -OCH3 is 1. The lowest BCUT2D eigenvalue weighted by Gasteiger charge is -2.15. The first-order valence-corrected chi connectivity index (χ1v) is 8.34. The fraction of sp³-hybridized carbons (Fsp3) is 0.167. The van der Waals surface area contributed by atoms with Gasteiger partial charge in [0.25, 0.3) is 0 Å². The van der Waals surface area contributed by atoms with Crippen molar-refractivity contribution in [3.63, 3.8) is 0 Å². The maximum absolute atomic E-state index is 12.1. The van der Waals surface area contributed by atoms with Gasteiger partial charge in [-0.2, -0.15) is 0 Å². The van der Waals surface area contributed by atoms with Gasteiger partial charge in [-0.15, -0.1) is 0 Å². The average Bonchev–Trinajstić information content (AvgIpc) is 3.21. The molecule has 1 atom stereocenters. The van der Waals surface area contributed by atoms with Gasteiger partial charge in [0.05, 0.1) is 7.11 Å². The van der Waals surface area contributed by atoms with Crippen molar-refractivity contribution >= 4 is 32.8 Å². The molecule has 0 aliphatic carbocycles. The Hall–Kier alpha value is -2.67. The summed E-state index contributed by atoms with van der Waals surface area (Å²) in [6, 6.07) is 9.08. The third-order valence-electron chi connectivity index (χ3n) is 4.25. The zero-order valence-electron chi connectivity index (χ0n) is 13.2. The van der Waals surface area contributed by atoms with Crippen molar-refractivity contribution in [1.82, 2.24) is 4.98 Å². The van der Waals surface area contributed by atoms with Crippen LogP contribution < -0.4 is 14.2 Å². The second-order valence-electron chi connectivity index (χ2n) is 5.66. The highest BCUT2D eigenvalue weighted by Crippen LogP contribution is 2.45. The molecule has 2 N–H and O–H groups in total. The van der Waals surface area contributed by atoms with Crippen LogP contribution in [0, 0.1) is 0 Å². The lowest BCUT2D eigenvalue weighted by Crippen LogP contribution is -2.13. The van der Waals surface area contributed by atoms with Gasteiger partial charge < -0.3 is 24.3 Å². The summed E-state index contributed by atoms with van der Waals surface area (Å²) >= 11 is 3.42. The van der Waals surface area contributed by atoms with Gasteiger partial charge >= 0.3 is 5.97 Å².